The van der Waals surface area contributed by atoms with Crippen molar-refractivity contribution in [1.82, 2.24) is 5.32 Å². The molecule has 1 amide bonds. The fourth-order valence-electron chi connectivity index (χ4n) is 3.49. The number of carbonyl (C=O) groups excluding carboxylic acids is 1. The van der Waals surface area contributed by atoms with Gasteiger partial charge < -0.3 is 5.32 Å². The summed E-state index contributed by atoms with van der Waals surface area (Å²) in [6.07, 6.45) is 8.58. The summed E-state index contributed by atoms with van der Waals surface area (Å²) in [7, 11) is 0. The second-order valence-electron chi connectivity index (χ2n) is 6.04. The number of nitrogens with one attached hydrogen (secondary N) is 1. The van der Waals surface area contributed by atoms with Crippen LogP contribution in [-0.4, -0.2) is 12.5 Å². The Morgan fingerprint density at radius 2 is 1.47 bits per heavy atom. The third kappa shape index (κ3) is 2.99. The van der Waals surface area contributed by atoms with Gasteiger partial charge in [0.1, 0.15) is 0 Å². The Labute approximate surface area is 115 Å². The summed E-state index contributed by atoms with van der Waals surface area (Å²) in [6.45, 7) is 0.807. The van der Waals surface area contributed by atoms with Gasteiger partial charge in [-0.15, -0.1) is 0 Å². The first-order valence-corrected chi connectivity index (χ1v) is 7.69. The first kappa shape index (κ1) is 12.7. The van der Waals surface area contributed by atoms with Gasteiger partial charge in [-0.3, -0.25) is 4.79 Å². The first-order valence-electron chi connectivity index (χ1n) is 7.69. The van der Waals surface area contributed by atoms with Gasteiger partial charge in [0.15, 0.2) is 0 Å². The molecule has 3 rings (SSSR count). The zero-order valence-corrected chi connectivity index (χ0v) is 11.5. The largest absolute Gasteiger partial charge is 0.355 e. The molecule has 1 atom stereocenters. The Balaban J connectivity index is 1.66. The predicted molar refractivity (Wildman–Crippen MR) is 77.3 cm³/mol. The van der Waals surface area contributed by atoms with Crippen LogP contribution in [0, 0.1) is 0 Å². The van der Waals surface area contributed by atoms with Crippen molar-refractivity contribution < 1.29 is 4.79 Å². The van der Waals surface area contributed by atoms with E-state index in [0.29, 0.717) is 12.3 Å². The molecule has 1 aromatic carbocycles. The lowest BCUT2D eigenvalue weighted by atomic mass is 9.83. The highest BCUT2D eigenvalue weighted by Gasteiger charge is 2.20. The predicted octanol–water partition coefficient (Wildman–Crippen LogP) is 3.73. The maximum Gasteiger partial charge on any atom is 0.220 e. The maximum absolute atomic E-state index is 11.2. The summed E-state index contributed by atoms with van der Waals surface area (Å²) in [4.78, 5) is 11.2. The van der Waals surface area contributed by atoms with E-state index >= 15 is 0 Å². The smallest absolute Gasteiger partial charge is 0.220 e. The summed E-state index contributed by atoms with van der Waals surface area (Å²) in [5.41, 5.74) is 2.91. The molecule has 2 aliphatic rings. The minimum Gasteiger partial charge on any atom is -0.355 e. The highest BCUT2D eigenvalue weighted by Crippen LogP contribution is 2.33. The molecule has 0 aromatic heterocycles. The van der Waals surface area contributed by atoms with E-state index in [4.69, 9.17) is 0 Å². The van der Waals surface area contributed by atoms with Crippen molar-refractivity contribution in [2.75, 3.05) is 6.54 Å². The maximum atomic E-state index is 11.2. The normalized spacial score (nSPS) is 25.1. The van der Waals surface area contributed by atoms with Gasteiger partial charge in [-0.2, -0.15) is 0 Å². The van der Waals surface area contributed by atoms with Crippen LogP contribution in [0.25, 0.3) is 0 Å². The molecule has 1 heterocycles. The summed E-state index contributed by atoms with van der Waals surface area (Å²) in [5.74, 6) is 1.50. The topological polar surface area (TPSA) is 29.1 Å². The Morgan fingerprint density at radius 1 is 0.842 bits per heavy atom. The number of hydrogen-bond acceptors (Lipinski definition) is 1. The van der Waals surface area contributed by atoms with Crippen molar-refractivity contribution in [3.63, 3.8) is 0 Å². The van der Waals surface area contributed by atoms with Crippen LogP contribution in [-0.2, 0) is 4.79 Å². The minimum atomic E-state index is 0.204. The second-order valence-corrected chi connectivity index (χ2v) is 6.04. The molecule has 19 heavy (non-hydrogen) atoms. The molecule has 2 nitrogen and oxygen atoms in total. The van der Waals surface area contributed by atoms with Gasteiger partial charge in [-0.25, -0.2) is 0 Å². The molecule has 1 saturated carbocycles. The van der Waals surface area contributed by atoms with Crippen molar-refractivity contribution in [2.24, 2.45) is 0 Å². The fourth-order valence-corrected chi connectivity index (χ4v) is 3.49. The van der Waals surface area contributed by atoms with Gasteiger partial charge in [0.25, 0.3) is 0 Å². The van der Waals surface area contributed by atoms with Gasteiger partial charge in [0.2, 0.25) is 5.91 Å². The number of amides is 1. The molecule has 0 bridgehead atoms. The molecule has 1 aromatic rings. The van der Waals surface area contributed by atoms with Gasteiger partial charge in [0, 0.05) is 18.9 Å². The van der Waals surface area contributed by atoms with Crippen molar-refractivity contribution in [2.45, 2.75) is 56.8 Å². The van der Waals surface area contributed by atoms with Gasteiger partial charge in [-0.05, 0) is 36.3 Å². The molecular weight excluding hydrogens is 234 g/mol. The molecule has 1 unspecified atom stereocenters. The SMILES string of the molecule is O=C1CCC(c2ccc(C3CCCCC3)cc2)CN1. The van der Waals surface area contributed by atoms with Crippen molar-refractivity contribution in [3.05, 3.63) is 35.4 Å². The molecular formula is C17H23NO. The lowest BCUT2D eigenvalue weighted by molar-refractivity contribution is -0.122. The Bertz CT molecular complexity index is 421. The standard InChI is InChI=1S/C17H23NO/c19-17-11-10-16(12-18-17)15-8-6-14(7-9-15)13-4-2-1-3-5-13/h6-9,13,16H,1-5,10-12H2,(H,18,19). The number of rotatable bonds is 2. The molecule has 1 saturated heterocycles. The molecule has 1 aliphatic heterocycles. The Kier molecular flexibility index (Phi) is 3.86. The number of carbonyl (C=O) groups is 1. The zero-order valence-electron chi connectivity index (χ0n) is 11.5. The van der Waals surface area contributed by atoms with Gasteiger partial charge >= 0.3 is 0 Å². The number of piperidine rings is 1. The molecule has 0 radical (unpaired) electrons. The molecule has 2 heteroatoms. The molecule has 1 aliphatic carbocycles. The van der Waals surface area contributed by atoms with Crippen molar-refractivity contribution in [3.8, 4) is 0 Å². The molecule has 2 fully saturated rings. The average Bonchev–Trinajstić information content (AvgIpc) is 2.49. The molecule has 102 valence electrons. The average molecular weight is 257 g/mol. The zero-order chi connectivity index (χ0) is 13.1. The molecule has 1 N–H and O–H groups in total. The van der Waals surface area contributed by atoms with Crippen LogP contribution in [0.2, 0.25) is 0 Å². The van der Waals surface area contributed by atoms with E-state index in [2.05, 4.69) is 29.6 Å². The highest BCUT2D eigenvalue weighted by molar-refractivity contribution is 5.76. The minimum absolute atomic E-state index is 0.204. The van der Waals surface area contributed by atoms with Crippen LogP contribution >= 0.6 is 0 Å². The van der Waals surface area contributed by atoms with E-state index in [9.17, 15) is 4.79 Å². The van der Waals surface area contributed by atoms with E-state index in [1.165, 1.54) is 43.2 Å². The monoisotopic (exact) mass is 257 g/mol. The van der Waals surface area contributed by atoms with E-state index in [0.717, 1.165) is 18.9 Å². The van der Waals surface area contributed by atoms with Crippen molar-refractivity contribution >= 4 is 5.91 Å². The summed E-state index contributed by atoms with van der Waals surface area (Å²) in [6, 6.07) is 9.21. The summed E-state index contributed by atoms with van der Waals surface area (Å²) in [5, 5.41) is 2.97. The van der Waals surface area contributed by atoms with Crippen LogP contribution in [0.3, 0.4) is 0 Å². The number of hydrogen-bond donors (Lipinski definition) is 1. The third-order valence-electron chi connectivity index (χ3n) is 4.75. The lowest BCUT2D eigenvalue weighted by Crippen LogP contribution is -2.33. The van der Waals surface area contributed by atoms with Crippen LogP contribution in [0.5, 0.6) is 0 Å². The molecule has 0 spiro atoms. The van der Waals surface area contributed by atoms with E-state index in [1.807, 2.05) is 0 Å². The van der Waals surface area contributed by atoms with E-state index < -0.39 is 0 Å². The fraction of sp³-hybridized carbons (Fsp3) is 0.588. The lowest BCUT2D eigenvalue weighted by Gasteiger charge is -2.25. The summed E-state index contributed by atoms with van der Waals surface area (Å²) < 4.78 is 0. The van der Waals surface area contributed by atoms with Crippen molar-refractivity contribution in [1.29, 1.82) is 0 Å². The van der Waals surface area contributed by atoms with Crippen LogP contribution in [0.4, 0.5) is 0 Å². The third-order valence-corrected chi connectivity index (χ3v) is 4.75. The quantitative estimate of drug-likeness (QED) is 0.859. The first-order chi connectivity index (χ1) is 9.33. The van der Waals surface area contributed by atoms with Crippen LogP contribution in [0.1, 0.15) is 67.9 Å². The van der Waals surface area contributed by atoms with E-state index in [1.54, 1.807) is 0 Å². The highest BCUT2D eigenvalue weighted by atomic mass is 16.1. The van der Waals surface area contributed by atoms with Gasteiger partial charge in [0.05, 0.1) is 0 Å². The second kappa shape index (κ2) is 5.77. The summed E-state index contributed by atoms with van der Waals surface area (Å²) >= 11 is 0. The Morgan fingerprint density at radius 3 is 2.05 bits per heavy atom. The Hall–Kier alpha value is -1.31. The van der Waals surface area contributed by atoms with Gasteiger partial charge in [-0.1, -0.05) is 43.5 Å². The van der Waals surface area contributed by atoms with Crippen LogP contribution in [0.15, 0.2) is 24.3 Å². The number of benzene rings is 1. The van der Waals surface area contributed by atoms with Crippen LogP contribution < -0.4 is 5.32 Å². The van der Waals surface area contributed by atoms with E-state index in [-0.39, 0.29) is 5.91 Å².